The summed E-state index contributed by atoms with van der Waals surface area (Å²) in [6, 6.07) is 0. The van der Waals surface area contributed by atoms with Crippen molar-refractivity contribution < 1.29 is 15.0 Å². The molecule has 0 bridgehead atoms. The molecule has 3 aromatic rings. The van der Waals surface area contributed by atoms with E-state index in [0.29, 0.717) is 30.5 Å². The molecule has 1 aliphatic rings. The maximum Gasteiger partial charge on any atom is 0.341 e. The first-order valence-corrected chi connectivity index (χ1v) is 8.41. The van der Waals surface area contributed by atoms with Crippen molar-refractivity contribution in [2.75, 3.05) is 18.0 Å². The number of aromatic carboxylic acids is 1. The average Bonchev–Trinajstić information content (AvgIpc) is 3.26. The quantitative estimate of drug-likeness (QED) is 0.694. The number of carboxylic acids is 1. The molecule has 1 atom stereocenters. The molecule has 1 fully saturated rings. The molecule has 0 aliphatic carbocycles. The van der Waals surface area contributed by atoms with Crippen molar-refractivity contribution in [1.82, 2.24) is 19.5 Å². The van der Waals surface area contributed by atoms with Gasteiger partial charge in [0.1, 0.15) is 11.4 Å². The highest BCUT2D eigenvalue weighted by molar-refractivity contribution is 7.12. The van der Waals surface area contributed by atoms with E-state index < -0.39 is 17.5 Å². The third-order valence-electron chi connectivity index (χ3n) is 4.03. The second kappa shape index (κ2) is 5.90. The largest absolute Gasteiger partial charge is 0.477 e. The van der Waals surface area contributed by atoms with Gasteiger partial charge in [0.25, 0.3) is 0 Å². The van der Waals surface area contributed by atoms with Crippen LogP contribution in [0, 0.1) is 0 Å². The van der Waals surface area contributed by atoms with Crippen LogP contribution in [-0.4, -0.2) is 54.9 Å². The van der Waals surface area contributed by atoms with Gasteiger partial charge in [-0.05, 0) is 6.42 Å². The van der Waals surface area contributed by atoms with Crippen LogP contribution in [0.2, 0.25) is 0 Å². The van der Waals surface area contributed by atoms with Gasteiger partial charge in [0.2, 0.25) is 5.43 Å². The highest BCUT2D eigenvalue weighted by Gasteiger charge is 2.24. The lowest BCUT2D eigenvalue weighted by Gasteiger charge is -2.17. The second-order valence-electron chi connectivity index (χ2n) is 5.65. The highest BCUT2D eigenvalue weighted by Crippen LogP contribution is 2.22. The predicted molar refractivity (Wildman–Crippen MR) is 90.6 cm³/mol. The number of nitrogens with zero attached hydrogens (tertiary/aromatic N) is 5. The number of carboxylic acid groups (broad SMARTS) is 1. The number of carbonyl (C=O) groups is 1. The van der Waals surface area contributed by atoms with E-state index in [4.69, 9.17) is 0 Å². The zero-order valence-electron chi connectivity index (χ0n) is 12.9. The van der Waals surface area contributed by atoms with Gasteiger partial charge in [-0.3, -0.25) is 9.36 Å². The Morgan fingerprint density at radius 3 is 2.84 bits per heavy atom. The molecule has 0 amide bonds. The topological polar surface area (TPSA) is 121 Å². The number of aliphatic hydroxyl groups excluding tert-OH is 1. The van der Waals surface area contributed by atoms with Crippen molar-refractivity contribution in [2.24, 2.45) is 0 Å². The van der Waals surface area contributed by atoms with Gasteiger partial charge in [0, 0.05) is 30.9 Å². The van der Waals surface area contributed by atoms with Gasteiger partial charge >= 0.3 is 5.97 Å². The van der Waals surface area contributed by atoms with Crippen molar-refractivity contribution in [3.05, 3.63) is 39.8 Å². The molecule has 4 rings (SSSR count). The normalized spacial score (nSPS) is 17.3. The molecule has 3 aromatic heterocycles. The molecule has 25 heavy (non-hydrogen) atoms. The standard InChI is InChI=1S/C15H13N5O4S/c21-8-1-3-19(6-8)10-5-17-11-12(22)9(14(23)24)7-20(13(11)18-10)15-16-2-4-25-15/h2,4-5,7-8,21H,1,3,6H2,(H,23,24). The minimum absolute atomic E-state index is 0.0291. The number of fused-ring (bicyclic) bond motifs is 1. The van der Waals surface area contributed by atoms with E-state index >= 15 is 0 Å². The van der Waals surface area contributed by atoms with Gasteiger partial charge in [0.05, 0.1) is 12.3 Å². The van der Waals surface area contributed by atoms with Crippen LogP contribution in [0.15, 0.2) is 28.8 Å². The Bertz CT molecular complexity index is 1020. The maximum atomic E-state index is 12.4. The summed E-state index contributed by atoms with van der Waals surface area (Å²) in [6.07, 6.45) is 4.45. The molecule has 0 spiro atoms. The molecule has 0 saturated carbocycles. The summed E-state index contributed by atoms with van der Waals surface area (Å²) in [5.41, 5.74) is -0.861. The Morgan fingerprint density at radius 1 is 1.36 bits per heavy atom. The van der Waals surface area contributed by atoms with Crippen molar-refractivity contribution in [1.29, 1.82) is 0 Å². The molecule has 0 radical (unpaired) electrons. The van der Waals surface area contributed by atoms with Gasteiger partial charge in [0.15, 0.2) is 16.3 Å². The molecule has 2 N–H and O–H groups in total. The van der Waals surface area contributed by atoms with Crippen molar-refractivity contribution in [3.8, 4) is 5.13 Å². The molecule has 9 nitrogen and oxygen atoms in total. The first-order chi connectivity index (χ1) is 12.0. The van der Waals surface area contributed by atoms with Gasteiger partial charge < -0.3 is 15.1 Å². The number of β-amino-alcohol motifs (C(OH)–C–C–N with tert-alkyl or cyclic N) is 1. The Kier molecular flexibility index (Phi) is 3.70. The number of pyridine rings is 1. The molecular weight excluding hydrogens is 346 g/mol. The summed E-state index contributed by atoms with van der Waals surface area (Å²) >= 11 is 1.29. The van der Waals surface area contributed by atoms with E-state index in [9.17, 15) is 19.8 Å². The van der Waals surface area contributed by atoms with Crippen LogP contribution in [0.5, 0.6) is 0 Å². The molecular formula is C15H13N5O4S. The summed E-state index contributed by atoms with van der Waals surface area (Å²) in [7, 11) is 0. The second-order valence-corrected chi connectivity index (χ2v) is 6.52. The van der Waals surface area contributed by atoms with Crippen LogP contribution >= 0.6 is 11.3 Å². The van der Waals surface area contributed by atoms with Gasteiger partial charge in [-0.25, -0.2) is 19.7 Å². The molecule has 4 heterocycles. The smallest absolute Gasteiger partial charge is 0.341 e. The van der Waals surface area contributed by atoms with E-state index in [1.165, 1.54) is 28.3 Å². The minimum Gasteiger partial charge on any atom is -0.477 e. The zero-order valence-corrected chi connectivity index (χ0v) is 13.7. The fraction of sp³-hybridized carbons (Fsp3) is 0.267. The molecule has 0 aromatic carbocycles. The Labute approximate surface area is 144 Å². The van der Waals surface area contributed by atoms with Crippen molar-refractivity contribution in [2.45, 2.75) is 12.5 Å². The molecule has 1 saturated heterocycles. The summed E-state index contributed by atoms with van der Waals surface area (Å²) < 4.78 is 1.47. The number of aliphatic hydroxyl groups is 1. The Hall–Kier alpha value is -2.85. The van der Waals surface area contributed by atoms with E-state index in [1.54, 1.807) is 11.6 Å². The van der Waals surface area contributed by atoms with Gasteiger partial charge in [-0.1, -0.05) is 0 Å². The third-order valence-corrected chi connectivity index (χ3v) is 4.80. The SMILES string of the molecule is O=C(O)c1cn(-c2nccs2)c2nc(N3CCC(O)C3)cnc2c1=O. The van der Waals surface area contributed by atoms with Crippen LogP contribution in [-0.2, 0) is 0 Å². The Morgan fingerprint density at radius 2 is 2.20 bits per heavy atom. The van der Waals surface area contributed by atoms with Crippen molar-refractivity contribution >= 4 is 34.3 Å². The first kappa shape index (κ1) is 15.7. The fourth-order valence-electron chi connectivity index (χ4n) is 2.81. The summed E-state index contributed by atoms with van der Waals surface area (Å²) in [4.78, 5) is 38.5. The average molecular weight is 359 g/mol. The highest BCUT2D eigenvalue weighted by atomic mass is 32.1. The predicted octanol–water partition coefficient (Wildman–Crippen LogP) is 0.506. The number of thiazole rings is 1. The van der Waals surface area contributed by atoms with Crippen LogP contribution in [0.4, 0.5) is 5.82 Å². The number of hydrogen-bond donors (Lipinski definition) is 2. The summed E-state index contributed by atoms with van der Waals surface area (Å²) in [6.45, 7) is 1.07. The molecule has 10 heteroatoms. The van der Waals surface area contributed by atoms with Gasteiger partial charge in [-0.15, -0.1) is 11.3 Å². The van der Waals surface area contributed by atoms with Crippen LogP contribution < -0.4 is 10.3 Å². The monoisotopic (exact) mass is 359 g/mol. The lowest BCUT2D eigenvalue weighted by molar-refractivity contribution is 0.0695. The minimum atomic E-state index is -1.33. The van der Waals surface area contributed by atoms with Crippen LogP contribution in [0.3, 0.4) is 0 Å². The van der Waals surface area contributed by atoms with E-state index in [0.717, 1.165) is 0 Å². The number of anilines is 1. The fourth-order valence-corrected chi connectivity index (χ4v) is 3.43. The first-order valence-electron chi connectivity index (χ1n) is 7.53. The van der Waals surface area contributed by atoms with Crippen LogP contribution in [0.25, 0.3) is 16.3 Å². The Balaban J connectivity index is 1.97. The molecule has 1 aliphatic heterocycles. The van der Waals surface area contributed by atoms with Gasteiger partial charge in [-0.2, -0.15) is 0 Å². The maximum absolute atomic E-state index is 12.4. The number of hydrogen-bond acceptors (Lipinski definition) is 8. The number of aromatic nitrogens is 4. The third kappa shape index (κ3) is 2.65. The van der Waals surface area contributed by atoms with E-state index in [2.05, 4.69) is 15.0 Å². The summed E-state index contributed by atoms with van der Waals surface area (Å²) in [5.74, 6) is -0.803. The zero-order chi connectivity index (χ0) is 17.6. The van der Waals surface area contributed by atoms with E-state index in [-0.39, 0.29) is 16.7 Å². The molecule has 128 valence electrons. The number of rotatable bonds is 3. The van der Waals surface area contributed by atoms with E-state index in [1.807, 2.05) is 4.90 Å². The lowest BCUT2D eigenvalue weighted by atomic mass is 10.2. The lowest BCUT2D eigenvalue weighted by Crippen LogP contribution is -2.24. The summed E-state index contributed by atoms with van der Waals surface area (Å²) in [5, 5.41) is 21.2. The van der Waals surface area contributed by atoms with Crippen LogP contribution in [0.1, 0.15) is 16.8 Å². The van der Waals surface area contributed by atoms with Crippen molar-refractivity contribution in [3.63, 3.8) is 0 Å². The molecule has 1 unspecified atom stereocenters.